The Kier molecular flexibility index (Phi) is 7.66. The number of pyridine rings is 2. The predicted molar refractivity (Wildman–Crippen MR) is 152 cm³/mol. The summed E-state index contributed by atoms with van der Waals surface area (Å²) in [5.41, 5.74) is 1.34. The number of H-pyrrole nitrogens is 1. The fraction of sp³-hybridized carbons (Fsp3) is 0.310. The molecular formula is C29H30ClN3O5S. The quantitative estimate of drug-likeness (QED) is 0.293. The van der Waals surface area contributed by atoms with Gasteiger partial charge in [0.05, 0.1) is 22.8 Å². The van der Waals surface area contributed by atoms with E-state index in [2.05, 4.69) is 10.3 Å². The third-order valence-electron chi connectivity index (χ3n) is 7.33. The van der Waals surface area contributed by atoms with E-state index in [1.54, 1.807) is 30.3 Å². The van der Waals surface area contributed by atoms with Crippen LogP contribution in [0.25, 0.3) is 22.3 Å². The molecule has 3 N–H and O–H groups in total. The Morgan fingerprint density at radius 1 is 1.03 bits per heavy atom. The van der Waals surface area contributed by atoms with Crippen molar-refractivity contribution in [2.75, 3.05) is 19.7 Å². The van der Waals surface area contributed by atoms with Gasteiger partial charge in [-0.3, -0.25) is 4.79 Å². The molecule has 0 bridgehead atoms. The summed E-state index contributed by atoms with van der Waals surface area (Å²) in [5.74, 6) is 1.17. The van der Waals surface area contributed by atoms with Crippen LogP contribution in [0.4, 0.5) is 0 Å². The molecule has 0 spiro atoms. The van der Waals surface area contributed by atoms with Crippen LogP contribution in [0, 0.1) is 5.92 Å². The second-order valence-electron chi connectivity index (χ2n) is 10.1. The zero-order valence-electron chi connectivity index (χ0n) is 21.2. The number of fused-ring (bicyclic) bond motifs is 1. The number of aromatic nitrogens is 2. The van der Waals surface area contributed by atoms with E-state index in [9.17, 15) is 18.3 Å². The first-order chi connectivity index (χ1) is 18.4. The van der Waals surface area contributed by atoms with Crippen molar-refractivity contribution in [3.8, 4) is 22.8 Å². The van der Waals surface area contributed by atoms with Crippen molar-refractivity contribution in [3.05, 3.63) is 76.6 Å². The topological polar surface area (TPSA) is 121 Å². The van der Waals surface area contributed by atoms with Crippen LogP contribution >= 0.6 is 12.4 Å². The number of hydrogen-bond acceptors (Lipinski definition) is 7. The number of aromatic hydroxyl groups is 1. The first kappa shape index (κ1) is 27.2. The van der Waals surface area contributed by atoms with E-state index in [1.807, 2.05) is 12.1 Å². The molecule has 39 heavy (non-hydrogen) atoms. The van der Waals surface area contributed by atoms with Crippen LogP contribution in [0.2, 0.25) is 0 Å². The average molecular weight is 568 g/mol. The van der Waals surface area contributed by atoms with E-state index in [-0.39, 0.29) is 39.5 Å². The van der Waals surface area contributed by atoms with Crippen LogP contribution in [0.3, 0.4) is 0 Å². The van der Waals surface area contributed by atoms with Crippen LogP contribution in [0.15, 0.2) is 75.2 Å². The van der Waals surface area contributed by atoms with Gasteiger partial charge in [0.1, 0.15) is 22.0 Å². The minimum absolute atomic E-state index is 0. The minimum atomic E-state index is -4.04. The molecule has 2 aromatic carbocycles. The monoisotopic (exact) mass is 567 g/mol. The lowest BCUT2D eigenvalue weighted by molar-refractivity contribution is 0.299. The van der Waals surface area contributed by atoms with Crippen LogP contribution in [-0.2, 0) is 9.84 Å². The number of rotatable bonds is 7. The third-order valence-corrected chi connectivity index (χ3v) is 9.11. The molecular weight excluding hydrogens is 538 g/mol. The number of aromatic amines is 1. The van der Waals surface area contributed by atoms with Crippen LogP contribution in [0.1, 0.15) is 37.2 Å². The molecule has 1 saturated heterocycles. The highest BCUT2D eigenvalue weighted by molar-refractivity contribution is 7.91. The number of nitrogens with one attached hydrogen (secondary N) is 2. The number of phenolic OH excluding ortho intramolecular Hbond substituents is 1. The van der Waals surface area contributed by atoms with Crippen LogP contribution in [-0.4, -0.2) is 43.2 Å². The molecule has 2 fully saturated rings. The Hall–Kier alpha value is -3.40. The molecule has 6 rings (SSSR count). The van der Waals surface area contributed by atoms with Gasteiger partial charge in [0.15, 0.2) is 0 Å². The van der Waals surface area contributed by atoms with E-state index >= 15 is 0 Å². The van der Waals surface area contributed by atoms with Gasteiger partial charge < -0.3 is 20.1 Å². The molecule has 0 amide bonds. The van der Waals surface area contributed by atoms with Crippen LogP contribution < -0.4 is 15.6 Å². The molecule has 4 aromatic rings. The zero-order chi connectivity index (χ0) is 26.3. The van der Waals surface area contributed by atoms with E-state index in [0.29, 0.717) is 41.5 Å². The van der Waals surface area contributed by atoms with Gasteiger partial charge in [-0.15, -0.1) is 12.4 Å². The molecule has 1 aliphatic heterocycles. The Bertz CT molecular complexity index is 1660. The predicted octanol–water partition coefficient (Wildman–Crippen LogP) is 4.81. The summed E-state index contributed by atoms with van der Waals surface area (Å²) in [6.45, 7) is 2.20. The normalized spacial score (nSPS) is 17.5. The van der Waals surface area contributed by atoms with Crippen molar-refractivity contribution < 1.29 is 18.3 Å². The molecule has 10 heteroatoms. The molecule has 1 unspecified atom stereocenters. The highest BCUT2D eigenvalue weighted by Gasteiger charge is 2.27. The fourth-order valence-electron chi connectivity index (χ4n) is 5.09. The first-order valence-electron chi connectivity index (χ1n) is 13.0. The Balaban J connectivity index is 0.00000308. The molecule has 0 radical (unpaired) electrons. The number of hydrogen-bond donors (Lipinski definition) is 3. The Morgan fingerprint density at radius 2 is 1.82 bits per heavy atom. The first-order valence-corrected chi connectivity index (χ1v) is 14.4. The maximum atomic E-state index is 13.4. The van der Waals surface area contributed by atoms with E-state index in [4.69, 9.17) is 9.72 Å². The summed E-state index contributed by atoms with van der Waals surface area (Å²) in [5, 5.41) is 14.8. The maximum Gasteiger partial charge on any atom is 0.268 e. The lowest BCUT2D eigenvalue weighted by Crippen LogP contribution is -2.28. The lowest BCUT2D eigenvalue weighted by atomic mass is 9.89. The molecule has 1 saturated carbocycles. The Morgan fingerprint density at radius 3 is 2.54 bits per heavy atom. The summed E-state index contributed by atoms with van der Waals surface area (Å²) in [6.07, 6.45) is 4.14. The van der Waals surface area contributed by atoms with Gasteiger partial charge in [-0.1, -0.05) is 24.3 Å². The number of ether oxygens (including phenoxy) is 1. The van der Waals surface area contributed by atoms with Crippen molar-refractivity contribution in [2.24, 2.45) is 5.92 Å². The van der Waals surface area contributed by atoms with Gasteiger partial charge in [0.2, 0.25) is 9.84 Å². The second-order valence-corrected chi connectivity index (χ2v) is 12.0. The number of nitrogens with zero attached hydrogens (tertiary/aromatic N) is 1. The minimum Gasteiger partial charge on any atom is -0.507 e. The molecule has 204 valence electrons. The lowest BCUT2D eigenvalue weighted by Gasteiger charge is -2.25. The van der Waals surface area contributed by atoms with Gasteiger partial charge in [-0.05, 0) is 86.0 Å². The number of halogens is 1. The highest BCUT2D eigenvalue weighted by Crippen LogP contribution is 2.41. The third kappa shape index (κ3) is 5.39. The number of benzene rings is 2. The highest BCUT2D eigenvalue weighted by atomic mass is 35.5. The van der Waals surface area contributed by atoms with Gasteiger partial charge in [-0.2, -0.15) is 0 Å². The maximum absolute atomic E-state index is 13.4. The molecule has 8 nitrogen and oxygen atoms in total. The van der Waals surface area contributed by atoms with Crippen molar-refractivity contribution in [2.45, 2.75) is 41.4 Å². The average Bonchev–Trinajstić information content (AvgIpc) is 3.76. The molecule has 2 aromatic heterocycles. The zero-order valence-corrected chi connectivity index (χ0v) is 22.9. The molecule has 2 aliphatic rings. The van der Waals surface area contributed by atoms with Gasteiger partial charge in [0, 0.05) is 11.9 Å². The van der Waals surface area contributed by atoms with Crippen molar-refractivity contribution in [1.82, 2.24) is 15.3 Å². The Labute approximate surface area is 232 Å². The summed E-state index contributed by atoms with van der Waals surface area (Å²) in [4.78, 5) is 20.3. The van der Waals surface area contributed by atoms with E-state index < -0.39 is 15.4 Å². The van der Waals surface area contributed by atoms with E-state index in [1.165, 1.54) is 18.2 Å². The second kappa shape index (κ2) is 11.0. The summed E-state index contributed by atoms with van der Waals surface area (Å²) >= 11 is 0. The number of sulfone groups is 1. The van der Waals surface area contributed by atoms with Gasteiger partial charge in [0.25, 0.3) is 5.56 Å². The summed E-state index contributed by atoms with van der Waals surface area (Å²) in [7, 11) is -4.04. The molecule has 1 atom stereocenters. The fourth-order valence-corrected chi connectivity index (χ4v) is 6.42. The summed E-state index contributed by atoms with van der Waals surface area (Å²) in [6, 6.07) is 16.4. The molecule has 3 heterocycles. The number of phenols is 1. The smallest absolute Gasteiger partial charge is 0.268 e. The van der Waals surface area contributed by atoms with Gasteiger partial charge >= 0.3 is 0 Å². The number of piperidine rings is 1. The van der Waals surface area contributed by atoms with Crippen LogP contribution in [0.5, 0.6) is 11.5 Å². The van der Waals surface area contributed by atoms with Crippen molar-refractivity contribution in [3.63, 3.8) is 0 Å². The van der Waals surface area contributed by atoms with E-state index in [0.717, 1.165) is 37.8 Å². The SMILES string of the molecule is Cl.O=c1[nH]c2nc(-c3c(O)cccc3OCC3CC3)cc(C3CCCNC3)c2cc1S(=O)(=O)c1ccccc1. The standard InChI is InChI=1S/C29H29N3O5S.ClH/c33-24-9-4-10-25(37-17-18-11-12-18)27(24)23-14-21(19-6-5-13-30-16-19)22-15-26(29(34)32-28(22)31-23)38(35,36)20-7-2-1-3-8-20;/h1-4,7-10,14-15,18-19,30,33H,5-6,11-13,16-17H2,(H,31,32,34);1H. The molecule has 1 aliphatic carbocycles. The van der Waals surface area contributed by atoms with Crippen molar-refractivity contribution >= 4 is 33.3 Å². The summed E-state index contributed by atoms with van der Waals surface area (Å²) < 4.78 is 32.9. The van der Waals surface area contributed by atoms with Crippen molar-refractivity contribution in [1.29, 1.82) is 0 Å². The van der Waals surface area contributed by atoms with Gasteiger partial charge in [-0.25, -0.2) is 13.4 Å². The largest absolute Gasteiger partial charge is 0.507 e.